The van der Waals surface area contributed by atoms with E-state index in [4.69, 9.17) is 4.74 Å². The first-order chi connectivity index (χ1) is 20.4. The van der Waals surface area contributed by atoms with Gasteiger partial charge in [-0.15, -0.1) is 0 Å². The van der Waals surface area contributed by atoms with Gasteiger partial charge in [-0.3, -0.25) is 14.4 Å². The first kappa shape index (κ1) is 25.9. The molecule has 0 bridgehead atoms. The van der Waals surface area contributed by atoms with E-state index in [2.05, 4.69) is 5.32 Å². The van der Waals surface area contributed by atoms with E-state index in [-0.39, 0.29) is 17.3 Å². The topological polar surface area (TPSA) is 75.7 Å². The smallest absolute Gasteiger partial charge is 0.238 e. The molecule has 3 aliphatic rings. The van der Waals surface area contributed by atoms with Crippen LogP contribution in [0.15, 0.2) is 103 Å². The van der Waals surface area contributed by atoms with E-state index in [0.717, 1.165) is 16.8 Å². The van der Waals surface area contributed by atoms with Crippen molar-refractivity contribution < 1.29 is 23.5 Å². The van der Waals surface area contributed by atoms with Gasteiger partial charge in [0, 0.05) is 28.1 Å². The standard InChI is InChI=1S/C35H27FN2O4/c1-20-19-29-35(26-8-4-5-9-27(26)37-34(35)41)30(32(39)21-11-15-23(36)16-12-21)31(38(29)28-10-6-3-7-25(20)28)33(40)22-13-17-24(42-2)18-14-22/h3-19,29-31H,1-2H3,(H,37,41)/t29-,30-,31+,35-/m1/s1. The summed E-state index contributed by atoms with van der Waals surface area (Å²) in [5.74, 6) is -2.04. The Morgan fingerprint density at radius 2 is 1.50 bits per heavy atom. The van der Waals surface area contributed by atoms with Crippen molar-refractivity contribution in [2.45, 2.75) is 24.4 Å². The Kier molecular flexibility index (Phi) is 5.87. The molecule has 0 aromatic heterocycles. The predicted molar refractivity (Wildman–Crippen MR) is 158 cm³/mol. The van der Waals surface area contributed by atoms with E-state index in [9.17, 15) is 18.8 Å². The van der Waals surface area contributed by atoms with E-state index in [1.54, 1.807) is 31.4 Å². The number of ketones is 2. The average molecular weight is 559 g/mol. The van der Waals surface area contributed by atoms with Gasteiger partial charge in [-0.25, -0.2) is 4.39 Å². The second kappa shape index (κ2) is 9.52. The summed E-state index contributed by atoms with van der Waals surface area (Å²) in [5.41, 5.74) is 3.14. The van der Waals surface area contributed by atoms with Gasteiger partial charge < -0.3 is 15.0 Å². The minimum Gasteiger partial charge on any atom is -0.497 e. The van der Waals surface area contributed by atoms with Crippen LogP contribution in [0.2, 0.25) is 0 Å². The predicted octanol–water partition coefficient (Wildman–Crippen LogP) is 6.08. The zero-order valence-corrected chi connectivity index (χ0v) is 23.0. The fraction of sp³-hybridized carbons (Fsp3) is 0.171. The van der Waals surface area contributed by atoms with Crippen molar-refractivity contribution in [2.24, 2.45) is 5.92 Å². The van der Waals surface area contributed by atoms with Crippen LogP contribution in [0.4, 0.5) is 15.8 Å². The highest BCUT2D eigenvalue weighted by Crippen LogP contribution is 2.58. The molecule has 1 N–H and O–H groups in total. The molecule has 208 valence electrons. The van der Waals surface area contributed by atoms with Crippen molar-refractivity contribution in [2.75, 3.05) is 17.3 Å². The maximum atomic E-state index is 14.7. The third-order valence-electron chi connectivity index (χ3n) is 8.94. The van der Waals surface area contributed by atoms with Gasteiger partial charge in [0.25, 0.3) is 0 Å². The van der Waals surface area contributed by atoms with Crippen molar-refractivity contribution >= 4 is 34.4 Å². The minimum atomic E-state index is -1.43. The Morgan fingerprint density at radius 3 is 2.24 bits per heavy atom. The van der Waals surface area contributed by atoms with Gasteiger partial charge >= 0.3 is 0 Å². The van der Waals surface area contributed by atoms with E-state index in [1.165, 1.54) is 24.3 Å². The zero-order valence-electron chi connectivity index (χ0n) is 23.0. The van der Waals surface area contributed by atoms with E-state index >= 15 is 0 Å². The summed E-state index contributed by atoms with van der Waals surface area (Å²) in [6.45, 7) is 1.98. The van der Waals surface area contributed by atoms with Gasteiger partial charge in [0.05, 0.1) is 19.1 Å². The number of benzene rings is 4. The Bertz CT molecular complexity index is 1800. The maximum Gasteiger partial charge on any atom is 0.238 e. The molecular weight excluding hydrogens is 531 g/mol. The number of para-hydroxylation sites is 2. The van der Waals surface area contributed by atoms with E-state index in [1.807, 2.05) is 66.4 Å². The first-order valence-electron chi connectivity index (χ1n) is 13.8. The number of halogens is 1. The summed E-state index contributed by atoms with van der Waals surface area (Å²) in [7, 11) is 1.55. The monoisotopic (exact) mass is 558 g/mol. The number of Topliss-reactive ketones (excluding diaryl/α,β-unsaturated/α-hetero) is 2. The van der Waals surface area contributed by atoms with Crippen LogP contribution in [0.3, 0.4) is 0 Å². The number of ether oxygens (including phenoxy) is 1. The van der Waals surface area contributed by atoms with Crippen LogP contribution in [0.1, 0.15) is 38.8 Å². The highest BCUT2D eigenvalue weighted by Gasteiger charge is 2.70. The van der Waals surface area contributed by atoms with Gasteiger partial charge in [-0.05, 0) is 78.7 Å². The Labute approximate surface area is 242 Å². The number of hydrogen-bond donors (Lipinski definition) is 1. The lowest BCUT2D eigenvalue weighted by atomic mass is 9.64. The summed E-state index contributed by atoms with van der Waals surface area (Å²) in [6, 6.07) is 25.5. The zero-order chi connectivity index (χ0) is 29.2. The Balaban J connectivity index is 1.53. The highest BCUT2D eigenvalue weighted by molar-refractivity contribution is 6.18. The number of nitrogens with one attached hydrogen (secondary N) is 1. The second-order valence-corrected chi connectivity index (χ2v) is 11.0. The van der Waals surface area contributed by atoms with Gasteiger partial charge in [0.1, 0.15) is 23.0 Å². The van der Waals surface area contributed by atoms with Crippen LogP contribution >= 0.6 is 0 Å². The van der Waals surface area contributed by atoms with Gasteiger partial charge in [-0.2, -0.15) is 0 Å². The van der Waals surface area contributed by atoms with E-state index < -0.39 is 35.0 Å². The number of allylic oxidation sites excluding steroid dienone is 1. The molecule has 1 fully saturated rings. The van der Waals surface area contributed by atoms with Crippen molar-refractivity contribution in [3.05, 3.63) is 131 Å². The molecule has 4 aromatic carbocycles. The molecule has 0 saturated carbocycles. The molecular formula is C35H27FN2O4. The Hall–Kier alpha value is -5.04. The number of rotatable bonds is 5. The molecule has 1 spiro atoms. The molecule has 4 aromatic rings. The van der Waals surface area contributed by atoms with Gasteiger partial charge in [0.2, 0.25) is 5.91 Å². The number of methoxy groups -OCH3 is 1. The van der Waals surface area contributed by atoms with Crippen LogP contribution in [0, 0.1) is 11.7 Å². The molecule has 7 heteroatoms. The Morgan fingerprint density at radius 1 is 0.857 bits per heavy atom. The quantitative estimate of drug-likeness (QED) is 0.301. The largest absolute Gasteiger partial charge is 0.497 e. The number of hydrogen-bond acceptors (Lipinski definition) is 5. The maximum absolute atomic E-state index is 14.7. The SMILES string of the molecule is COc1ccc(C(=O)[C@@H]2[C@H](C(=O)c3ccc(F)cc3)[C@]3(C(=O)Nc4ccccc43)[C@H]3C=C(C)c4ccccc4N23)cc1. The van der Waals surface area contributed by atoms with Crippen LogP contribution in [-0.2, 0) is 10.2 Å². The first-order valence-corrected chi connectivity index (χ1v) is 13.8. The number of carbonyl (C=O) groups excluding carboxylic acids is 3. The number of carbonyl (C=O) groups is 3. The minimum absolute atomic E-state index is 0.235. The number of anilines is 2. The summed E-state index contributed by atoms with van der Waals surface area (Å²) >= 11 is 0. The van der Waals surface area contributed by atoms with Crippen molar-refractivity contribution in [1.82, 2.24) is 0 Å². The molecule has 42 heavy (non-hydrogen) atoms. The third kappa shape index (κ3) is 3.52. The molecule has 1 amide bonds. The molecule has 0 unspecified atom stereocenters. The summed E-state index contributed by atoms with van der Waals surface area (Å²) in [6.07, 6.45) is 2.01. The third-order valence-corrected chi connectivity index (χ3v) is 8.94. The van der Waals surface area contributed by atoms with Crippen LogP contribution < -0.4 is 15.0 Å². The van der Waals surface area contributed by atoms with Crippen LogP contribution in [-0.4, -0.2) is 36.7 Å². The number of nitrogens with zero attached hydrogens (tertiary/aromatic N) is 1. The summed E-state index contributed by atoms with van der Waals surface area (Å²) in [4.78, 5) is 45.8. The average Bonchev–Trinajstić information content (AvgIpc) is 3.49. The van der Waals surface area contributed by atoms with Crippen molar-refractivity contribution in [1.29, 1.82) is 0 Å². The highest BCUT2D eigenvalue weighted by atomic mass is 19.1. The molecule has 0 aliphatic carbocycles. The van der Waals surface area contributed by atoms with Gasteiger partial charge in [0.15, 0.2) is 11.6 Å². The van der Waals surface area contributed by atoms with Crippen molar-refractivity contribution in [3.63, 3.8) is 0 Å². The normalized spacial score (nSPS) is 23.5. The lowest BCUT2D eigenvalue weighted by Gasteiger charge is -2.39. The number of fused-ring (bicyclic) bond motifs is 6. The second-order valence-electron chi connectivity index (χ2n) is 11.0. The molecule has 7 rings (SSSR count). The lowest BCUT2D eigenvalue weighted by Crippen LogP contribution is -2.51. The fourth-order valence-corrected chi connectivity index (χ4v) is 7.11. The molecule has 3 aliphatic heterocycles. The lowest BCUT2D eigenvalue weighted by molar-refractivity contribution is -0.121. The summed E-state index contributed by atoms with van der Waals surface area (Å²) in [5, 5.41) is 3.03. The van der Waals surface area contributed by atoms with Crippen LogP contribution in [0.5, 0.6) is 5.75 Å². The van der Waals surface area contributed by atoms with E-state index in [0.29, 0.717) is 22.6 Å². The summed E-state index contributed by atoms with van der Waals surface area (Å²) < 4.78 is 19.3. The molecule has 0 radical (unpaired) electrons. The van der Waals surface area contributed by atoms with Gasteiger partial charge in [-0.1, -0.05) is 42.5 Å². The van der Waals surface area contributed by atoms with Crippen LogP contribution in [0.25, 0.3) is 5.57 Å². The molecule has 1 saturated heterocycles. The fourth-order valence-electron chi connectivity index (χ4n) is 7.11. The molecule has 4 atom stereocenters. The molecule has 3 heterocycles. The van der Waals surface area contributed by atoms with Crippen molar-refractivity contribution in [3.8, 4) is 5.75 Å². The molecule has 6 nitrogen and oxygen atoms in total. The number of amides is 1.